The molecule has 2 saturated heterocycles. The van der Waals surface area contributed by atoms with Gasteiger partial charge in [0.15, 0.2) is 0 Å². The number of hydrogen-bond acceptors (Lipinski definition) is 6. The summed E-state index contributed by atoms with van der Waals surface area (Å²) in [5.74, 6) is 3.54. The number of pyridine rings is 1. The Kier molecular flexibility index (Phi) is 5.70. The highest BCUT2D eigenvalue weighted by Crippen LogP contribution is 2.33. The lowest BCUT2D eigenvalue weighted by molar-refractivity contribution is -0.131. The van der Waals surface area contributed by atoms with E-state index in [1.165, 1.54) is 0 Å². The molecule has 0 aliphatic carbocycles. The van der Waals surface area contributed by atoms with Gasteiger partial charge in [0.2, 0.25) is 5.91 Å². The van der Waals surface area contributed by atoms with Crippen LogP contribution in [-0.2, 0) is 4.79 Å². The minimum Gasteiger partial charge on any atom is -0.497 e. The normalized spacial score (nSPS) is 20.9. The molecule has 2 atom stereocenters. The lowest BCUT2D eigenvalue weighted by Gasteiger charge is -2.19. The number of rotatable bonds is 5. The molecule has 0 bridgehead atoms. The first kappa shape index (κ1) is 20.2. The van der Waals surface area contributed by atoms with E-state index < -0.39 is 0 Å². The second-order valence-corrected chi connectivity index (χ2v) is 8.90. The number of methoxy groups -OCH3 is 1. The first-order chi connectivity index (χ1) is 15.2. The molecule has 1 aromatic heterocycles. The average molecular weight is 436 g/mol. The van der Waals surface area contributed by atoms with Gasteiger partial charge in [0.1, 0.15) is 17.6 Å². The van der Waals surface area contributed by atoms with Crippen molar-refractivity contribution in [3.8, 4) is 22.8 Å². The number of benzene rings is 2. The van der Waals surface area contributed by atoms with E-state index in [4.69, 9.17) is 14.5 Å². The molecule has 160 valence electrons. The molecule has 2 aliphatic rings. The van der Waals surface area contributed by atoms with Gasteiger partial charge in [-0.1, -0.05) is 30.3 Å². The quantitative estimate of drug-likeness (QED) is 0.661. The van der Waals surface area contributed by atoms with E-state index >= 15 is 0 Å². The summed E-state index contributed by atoms with van der Waals surface area (Å²) in [5, 5.41) is 4.29. The van der Waals surface area contributed by atoms with Gasteiger partial charge in [-0.15, -0.1) is 11.8 Å². The van der Waals surface area contributed by atoms with Crippen LogP contribution in [0.4, 0.5) is 0 Å². The number of nitrogens with zero attached hydrogens (tertiary/aromatic N) is 2. The molecular weight excluding hydrogens is 410 g/mol. The lowest BCUT2D eigenvalue weighted by Crippen LogP contribution is -2.42. The number of hydrogen-bond donors (Lipinski definition) is 1. The zero-order chi connectivity index (χ0) is 21.2. The molecule has 5 rings (SSSR count). The predicted octanol–water partition coefficient (Wildman–Crippen LogP) is 3.55. The summed E-state index contributed by atoms with van der Waals surface area (Å²) in [6, 6.07) is 17.7. The van der Waals surface area contributed by atoms with Crippen molar-refractivity contribution in [1.82, 2.24) is 15.2 Å². The SMILES string of the molecule is COc1ccc2c(O[C@H]3CN[C@H](C(=O)N4CCSC4)C3)cc(-c3ccccc3)nc2c1. The maximum absolute atomic E-state index is 12.7. The van der Waals surface area contributed by atoms with Crippen molar-refractivity contribution < 1.29 is 14.3 Å². The Hall–Kier alpha value is -2.77. The van der Waals surface area contributed by atoms with E-state index in [1.807, 2.05) is 59.5 Å². The van der Waals surface area contributed by atoms with Gasteiger partial charge in [-0.25, -0.2) is 4.98 Å². The van der Waals surface area contributed by atoms with Crippen molar-refractivity contribution in [3.63, 3.8) is 0 Å². The standard InChI is InChI=1S/C24H25N3O3S/c1-29-17-7-8-19-21(11-17)26-20(16-5-3-2-4-6-16)13-23(19)30-18-12-22(25-14-18)24(28)27-9-10-31-15-27/h2-8,11,13,18,22,25H,9-10,12,14-15H2,1H3/t18-,22+/m1/s1. The van der Waals surface area contributed by atoms with Crippen LogP contribution in [0.2, 0.25) is 0 Å². The third-order valence-corrected chi connectivity index (χ3v) is 6.76. The van der Waals surface area contributed by atoms with Gasteiger partial charge < -0.3 is 19.7 Å². The monoisotopic (exact) mass is 435 g/mol. The first-order valence-corrected chi connectivity index (χ1v) is 11.7. The molecule has 0 spiro atoms. The Labute approximate surface area is 185 Å². The molecule has 6 nitrogen and oxygen atoms in total. The summed E-state index contributed by atoms with van der Waals surface area (Å²) in [7, 11) is 1.65. The highest BCUT2D eigenvalue weighted by atomic mass is 32.2. The Balaban J connectivity index is 1.42. The van der Waals surface area contributed by atoms with Crippen LogP contribution >= 0.6 is 11.8 Å². The Morgan fingerprint density at radius 3 is 2.84 bits per heavy atom. The zero-order valence-corrected chi connectivity index (χ0v) is 18.2. The average Bonchev–Trinajstić information content (AvgIpc) is 3.51. The van der Waals surface area contributed by atoms with E-state index in [0.717, 1.165) is 51.8 Å². The summed E-state index contributed by atoms with van der Waals surface area (Å²) < 4.78 is 11.8. The maximum atomic E-state index is 12.7. The third kappa shape index (κ3) is 4.20. The van der Waals surface area contributed by atoms with Gasteiger partial charge in [0.25, 0.3) is 0 Å². The minimum atomic E-state index is -0.175. The molecule has 2 fully saturated rings. The molecule has 0 radical (unpaired) electrons. The molecule has 7 heteroatoms. The largest absolute Gasteiger partial charge is 0.497 e. The predicted molar refractivity (Wildman–Crippen MR) is 124 cm³/mol. The van der Waals surface area contributed by atoms with Gasteiger partial charge in [-0.3, -0.25) is 4.79 Å². The van der Waals surface area contributed by atoms with Crippen molar-refractivity contribution in [3.05, 3.63) is 54.6 Å². The number of ether oxygens (including phenoxy) is 2. The highest BCUT2D eigenvalue weighted by molar-refractivity contribution is 7.99. The lowest BCUT2D eigenvalue weighted by atomic mass is 10.1. The molecule has 31 heavy (non-hydrogen) atoms. The number of aromatic nitrogens is 1. The van der Waals surface area contributed by atoms with E-state index in [1.54, 1.807) is 18.9 Å². The Morgan fingerprint density at radius 2 is 2.06 bits per heavy atom. The zero-order valence-electron chi connectivity index (χ0n) is 17.4. The van der Waals surface area contributed by atoms with Crippen LogP contribution < -0.4 is 14.8 Å². The summed E-state index contributed by atoms with van der Waals surface area (Å²) in [6.07, 6.45) is 0.598. The molecule has 0 saturated carbocycles. The highest BCUT2D eigenvalue weighted by Gasteiger charge is 2.34. The van der Waals surface area contributed by atoms with Crippen LogP contribution in [0.15, 0.2) is 54.6 Å². The van der Waals surface area contributed by atoms with Gasteiger partial charge in [0, 0.05) is 48.3 Å². The van der Waals surface area contributed by atoms with Gasteiger partial charge in [-0.2, -0.15) is 0 Å². The molecule has 3 aromatic rings. The van der Waals surface area contributed by atoms with Crippen molar-refractivity contribution in [2.75, 3.05) is 31.8 Å². The molecular formula is C24H25N3O3S. The minimum absolute atomic E-state index is 0.0690. The second kappa shape index (κ2) is 8.77. The van der Waals surface area contributed by atoms with Crippen molar-refractivity contribution in [1.29, 1.82) is 0 Å². The molecule has 2 aliphatic heterocycles. The maximum Gasteiger partial charge on any atom is 0.240 e. The molecule has 1 N–H and O–H groups in total. The third-order valence-electron chi connectivity index (χ3n) is 5.80. The Bertz CT molecular complexity index is 1090. The summed E-state index contributed by atoms with van der Waals surface area (Å²) in [4.78, 5) is 19.5. The van der Waals surface area contributed by atoms with Crippen molar-refractivity contribution >= 4 is 28.6 Å². The van der Waals surface area contributed by atoms with E-state index in [0.29, 0.717) is 13.0 Å². The van der Waals surface area contributed by atoms with Gasteiger partial charge >= 0.3 is 0 Å². The van der Waals surface area contributed by atoms with Crippen LogP contribution in [0.3, 0.4) is 0 Å². The van der Waals surface area contributed by atoms with E-state index in [-0.39, 0.29) is 18.1 Å². The van der Waals surface area contributed by atoms with Crippen LogP contribution in [0, 0.1) is 0 Å². The summed E-state index contributed by atoms with van der Waals surface area (Å²) in [6.45, 7) is 1.49. The number of carbonyl (C=O) groups excluding carboxylic acids is 1. The number of fused-ring (bicyclic) bond motifs is 1. The molecule has 2 aromatic carbocycles. The number of amides is 1. The van der Waals surface area contributed by atoms with Crippen LogP contribution in [0.25, 0.3) is 22.2 Å². The summed E-state index contributed by atoms with van der Waals surface area (Å²) in [5.41, 5.74) is 2.70. The van der Waals surface area contributed by atoms with Crippen molar-refractivity contribution in [2.24, 2.45) is 0 Å². The fraction of sp³-hybridized carbons (Fsp3) is 0.333. The molecule has 0 unspecified atom stereocenters. The van der Waals surface area contributed by atoms with Crippen molar-refractivity contribution in [2.45, 2.75) is 18.6 Å². The van der Waals surface area contributed by atoms with Gasteiger partial charge in [0.05, 0.1) is 30.2 Å². The van der Waals surface area contributed by atoms with Crippen LogP contribution in [-0.4, -0.2) is 59.8 Å². The first-order valence-electron chi connectivity index (χ1n) is 10.5. The number of nitrogens with one attached hydrogen (secondary N) is 1. The molecule has 3 heterocycles. The number of thioether (sulfide) groups is 1. The van der Waals surface area contributed by atoms with Gasteiger partial charge in [-0.05, 0) is 12.1 Å². The van der Waals surface area contributed by atoms with Crippen LogP contribution in [0.1, 0.15) is 6.42 Å². The summed E-state index contributed by atoms with van der Waals surface area (Å²) >= 11 is 1.81. The topological polar surface area (TPSA) is 63.7 Å². The van der Waals surface area contributed by atoms with E-state index in [2.05, 4.69) is 5.32 Å². The van der Waals surface area contributed by atoms with E-state index in [9.17, 15) is 4.79 Å². The fourth-order valence-electron chi connectivity index (χ4n) is 4.13. The fourth-order valence-corrected chi connectivity index (χ4v) is 5.08. The van der Waals surface area contributed by atoms with Crippen LogP contribution in [0.5, 0.6) is 11.5 Å². The number of carbonyl (C=O) groups is 1. The smallest absolute Gasteiger partial charge is 0.240 e. The molecule has 1 amide bonds. The second-order valence-electron chi connectivity index (χ2n) is 7.83. The Morgan fingerprint density at radius 1 is 1.19 bits per heavy atom.